The third-order valence-corrected chi connectivity index (χ3v) is 11.1. The largest absolute Gasteiger partial charge is 0.310 e. The molecule has 0 bridgehead atoms. The Morgan fingerprint density at radius 2 is 0.852 bits per heavy atom. The fourth-order valence-corrected chi connectivity index (χ4v) is 8.59. The maximum Gasteiger partial charge on any atom is 0.0546 e. The van der Waals surface area contributed by atoms with Gasteiger partial charge in [0.2, 0.25) is 0 Å². The van der Waals surface area contributed by atoms with Crippen LogP contribution in [-0.4, -0.2) is 4.57 Å². The standard InChI is InChI=1S/C52H34N2/c1-2-14-40(15-3-1)54-50-21-11-10-20-47(50)49-32-38(27-31-51(49)54)35-24-28-41(29-25-35)53(42-30-26-37-23-22-36-12-4-6-16-43(36)48(37)34-42)52-33-39-13-5-7-17-44(39)45-18-8-9-19-46(45)52/h1-34H. The van der Waals surface area contributed by atoms with E-state index in [4.69, 9.17) is 0 Å². The Hall–Kier alpha value is -7.16. The van der Waals surface area contributed by atoms with Gasteiger partial charge in [0.15, 0.2) is 0 Å². The number of rotatable bonds is 5. The van der Waals surface area contributed by atoms with Crippen molar-refractivity contribution in [2.24, 2.45) is 0 Å². The van der Waals surface area contributed by atoms with Gasteiger partial charge >= 0.3 is 0 Å². The first-order valence-corrected chi connectivity index (χ1v) is 18.6. The van der Waals surface area contributed by atoms with Gasteiger partial charge in [-0.3, -0.25) is 0 Å². The number of para-hydroxylation sites is 2. The number of hydrogen-bond acceptors (Lipinski definition) is 1. The topological polar surface area (TPSA) is 8.17 Å². The Labute approximate surface area is 313 Å². The Balaban J connectivity index is 1.09. The Kier molecular flexibility index (Phi) is 6.90. The second-order valence-electron chi connectivity index (χ2n) is 14.2. The predicted molar refractivity (Wildman–Crippen MR) is 231 cm³/mol. The quantitative estimate of drug-likeness (QED) is 0.164. The van der Waals surface area contributed by atoms with Crippen molar-refractivity contribution in [2.45, 2.75) is 0 Å². The van der Waals surface area contributed by atoms with E-state index < -0.39 is 0 Å². The predicted octanol–water partition coefficient (Wildman–Crippen LogP) is 14.5. The summed E-state index contributed by atoms with van der Waals surface area (Å²) in [6.07, 6.45) is 0. The smallest absolute Gasteiger partial charge is 0.0546 e. The molecule has 0 N–H and O–H groups in total. The normalized spacial score (nSPS) is 11.7. The minimum atomic E-state index is 1.11. The molecule has 1 aromatic heterocycles. The highest BCUT2D eigenvalue weighted by atomic mass is 15.1. The highest BCUT2D eigenvalue weighted by molar-refractivity contribution is 6.16. The molecule has 0 amide bonds. The maximum absolute atomic E-state index is 2.44. The van der Waals surface area contributed by atoms with Gasteiger partial charge in [0, 0.05) is 33.2 Å². The van der Waals surface area contributed by atoms with Crippen LogP contribution in [0.3, 0.4) is 0 Å². The third-order valence-electron chi connectivity index (χ3n) is 11.1. The number of nitrogens with zero attached hydrogens (tertiary/aromatic N) is 2. The van der Waals surface area contributed by atoms with Crippen molar-refractivity contribution in [1.82, 2.24) is 4.57 Å². The molecule has 0 atom stereocenters. The fourth-order valence-electron chi connectivity index (χ4n) is 8.59. The van der Waals surface area contributed by atoms with Crippen LogP contribution < -0.4 is 4.90 Å². The second-order valence-corrected chi connectivity index (χ2v) is 14.2. The molecule has 2 heteroatoms. The van der Waals surface area contributed by atoms with E-state index in [0.717, 1.165) is 17.1 Å². The average Bonchev–Trinajstić information content (AvgIpc) is 3.58. The summed E-state index contributed by atoms with van der Waals surface area (Å²) in [7, 11) is 0. The van der Waals surface area contributed by atoms with E-state index in [2.05, 4.69) is 216 Å². The lowest BCUT2D eigenvalue weighted by molar-refractivity contribution is 1.18. The van der Waals surface area contributed by atoms with Crippen LogP contribution in [0.15, 0.2) is 206 Å². The zero-order valence-electron chi connectivity index (χ0n) is 29.5. The van der Waals surface area contributed by atoms with Crippen LogP contribution in [0.5, 0.6) is 0 Å². The van der Waals surface area contributed by atoms with Gasteiger partial charge in [-0.1, -0.05) is 146 Å². The third kappa shape index (κ3) is 4.81. The molecular formula is C52H34N2. The maximum atomic E-state index is 2.44. The van der Waals surface area contributed by atoms with Crippen LogP contribution in [0.25, 0.3) is 81.7 Å². The molecule has 0 saturated carbocycles. The van der Waals surface area contributed by atoms with E-state index in [1.54, 1.807) is 0 Å². The summed E-state index contributed by atoms with van der Waals surface area (Å²) in [5, 5.41) is 12.5. The number of anilines is 3. The van der Waals surface area contributed by atoms with Gasteiger partial charge in [0.1, 0.15) is 0 Å². The first-order chi connectivity index (χ1) is 26.8. The molecule has 10 aromatic carbocycles. The van der Waals surface area contributed by atoms with Crippen LogP contribution in [0.2, 0.25) is 0 Å². The number of fused-ring (bicyclic) bond motifs is 9. The summed E-state index contributed by atoms with van der Waals surface area (Å²) in [6.45, 7) is 0. The minimum Gasteiger partial charge on any atom is -0.310 e. The fraction of sp³-hybridized carbons (Fsp3) is 0. The van der Waals surface area contributed by atoms with Crippen molar-refractivity contribution < 1.29 is 0 Å². The minimum absolute atomic E-state index is 1.11. The molecule has 252 valence electrons. The van der Waals surface area contributed by atoms with Crippen molar-refractivity contribution >= 4 is 82.0 Å². The highest BCUT2D eigenvalue weighted by Gasteiger charge is 2.19. The number of benzene rings is 10. The Morgan fingerprint density at radius 3 is 1.65 bits per heavy atom. The first kappa shape index (κ1) is 30.5. The summed E-state index contributed by atoms with van der Waals surface area (Å²) >= 11 is 0. The van der Waals surface area contributed by atoms with Gasteiger partial charge in [-0.05, 0) is 109 Å². The van der Waals surface area contributed by atoms with Crippen molar-refractivity contribution in [1.29, 1.82) is 0 Å². The van der Waals surface area contributed by atoms with Gasteiger partial charge in [0.05, 0.1) is 16.7 Å². The molecule has 1 heterocycles. The first-order valence-electron chi connectivity index (χ1n) is 18.6. The molecule has 0 fully saturated rings. The summed E-state index contributed by atoms with van der Waals surface area (Å²) in [5.41, 5.74) is 9.38. The van der Waals surface area contributed by atoms with Gasteiger partial charge in [-0.15, -0.1) is 0 Å². The lowest BCUT2D eigenvalue weighted by atomic mass is 9.97. The molecule has 0 unspecified atom stereocenters. The average molecular weight is 687 g/mol. The number of hydrogen-bond donors (Lipinski definition) is 0. The van der Waals surface area contributed by atoms with Crippen LogP contribution >= 0.6 is 0 Å². The van der Waals surface area contributed by atoms with E-state index in [0.29, 0.717) is 0 Å². The van der Waals surface area contributed by atoms with E-state index in [1.165, 1.54) is 81.7 Å². The molecule has 0 aliphatic heterocycles. The second kappa shape index (κ2) is 12.2. The van der Waals surface area contributed by atoms with Crippen LogP contribution in [0.4, 0.5) is 17.1 Å². The van der Waals surface area contributed by atoms with Gasteiger partial charge in [-0.25, -0.2) is 0 Å². The Morgan fingerprint density at radius 1 is 0.296 bits per heavy atom. The molecule has 0 spiro atoms. The van der Waals surface area contributed by atoms with Crippen LogP contribution in [0.1, 0.15) is 0 Å². The van der Waals surface area contributed by atoms with Gasteiger partial charge in [-0.2, -0.15) is 0 Å². The van der Waals surface area contributed by atoms with Crippen LogP contribution in [-0.2, 0) is 0 Å². The molecule has 0 saturated heterocycles. The van der Waals surface area contributed by atoms with E-state index in [-0.39, 0.29) is 0 Å². The van der Waals surface area contributed by atoms with Crippen molar-refractivity contribution in [3.63, 3.8) is 0 Å². The Bertz CT molecular complexity index is 3210. The summed E-state index contributed by atoms with van der Waals surface area (Å²) in [6, 6.07) is 75.3. The molecular weight excluding hydrogens is 653 g/mol. The van der Waals surface area contributed by atoms with Crippen molar-refractivity contribution in [3.8, 4) is 16.8 Å². The van der Waals surface area contributed by atoms with Crippen molar-refractivity contribution in [2.75, 3.05) is 4.90 Å². The zero-order valence-corrected chi connectivity index (χ0v) is 29.5. The zero-order chi connectivity index (χ0) is 35.6. The lowest BCUT2D eigenvalue weighted by Gasteiger charge is -2.28. The lowest BCUT2D eigenvalue weighted by Crippen LogP contribution is -2.10. The monoisotopic (exact) mass is 686 g/mol. The molecule has 11 rings (SSSR count). The van der Waals surface area contributed by atoms with Crippen molar-refractivity contribution in [3.05, 3.63) is 206 Å². The molecule has 0 aliphatic rings. The highest BCUT2D eigenvalue weighted by Crippen LogP contribution is 2.44. The SMILES string of the molecule is c1ccc(-n2c3ccccc3c3cc(-c4ccc(N(c5ccc6ccc7ccccc7c6c5)c5cc6ccccc6c6ccccc56)cc4)ccc32)cc1. The molecule has 11 aromatic rings. The molecule has 2 nitrogen and oxygen atoms in total. The molecule has 54 heavy (non-hydrogen) atoms. The van der Waals surface area contributed by atoms with E-state index >= 15 is 0 Å². The van der Waals surface area contributed by atoms with Gasteiger partial charge in [0.25, 0.3) is 0 Å². The van der Waals surface area contributed by atoms with Crippen LogP contribution in [0, 0.1) is 0 Å². The summed E-state index contributed by atoms with van der Waals surface area (Å²) < 4.78 is 2.37. The van der Waals surface area contributed by atoms with E-state index in [1.807, 2.05) is 0 Å². The number of aromatic nitrogens is 1. The molecule has 0 radical (unpaired) electrons. The summed E-state index contributed by atoms with van der Waals surface area (Å²) in [4.78, 5) is 2.44. The summed E-state index contributed by atoms with van der Waals surface area (Å²) in [5.74, 6) is 0. The molecule has 0 aliphatic carbocycles. The van der Waals surface area contributed by atoms with Gasteiger partial charge < -0.3 is 9.47 Å². The van der Waals surface area contributed by atoms with E-state index in [9.17, 15) is 0 Å².